The van der Waals surface area contributed by atoms with Crippen LogP contribution in [0.15, 0.2) is 24.3 Å². The minimum atomic E-state index is 1.28. The third-order valence-electron chi connectivity index (χ3n) is 2.66. The molecule has 0 radical (unpaired) electrons. The quantitative estimate of drug-likeness (QED) is 0.633. The molecule has 0 nitrogen and oxygen atoms in total. The minimum Gasteiger partial charge on any atom is -0.0655 e. The molecule has 0 heterocycles. The predicted molar refractivity (Wildman–Crippen MR) is 72.6 cm³/mol. The van der Waals surface area contributed by atoms with Crippen molar-refractivity contribution in [3.8, 4) is 0 Å². The van der Waals surface area contributed by atoms with Crippen molar-refractivity contribution in [1.82, 2.24) is 0 Å². The highest BCUT2D eigenvalue weighted by atomic mass is 28.1. The van der Waals surface area contributed by atoms with E-state index in [1.54, 1.807) is 0 Å². The van der Waals surface area contributed by atoms with Crippen molar-refractivity contribution < 1.29 is 0 Å². The monoisotopic (exact) mass is 222 g/mol. The van der Waals surface area contributed by atoms with E-state index < -0.39 is 0 Å². The van der Waals surface area contributed by atoms with Crippen LogP contribution in [0.4, 0.5) is 0 Å². The molecule has 1 aromatic rings. The smallest absolute Gasteiger partial charge is 0.00281 e. The zero-order valence-electron chi connectivity index (χ0n) is 9.55. The van der Waals surface area contributed by atoms with E-state index in [0.29, 0.717) is 0 Å². The summed E-state index contributed by atoms with van der Waals surface area (Å²) >= 11 is 0. The molecule has 0 aromatic heterocycles. The first-order valence-electron chi connectivity index (χ1n) is 5.94. The number of hydrogen-bond acceptors (Lipinski definition) is 0. The molecule has 0 N–H and O–H groups in total. The van der Waals surface area contributed by atoms with E-state index in [1.165, 1.54) is 69.4 Å². The number of rotatable bonds is 6. The van der Waals surface area contributed by atoms with Crippen LogP contribution < -0.4 is 0 Å². The fraction of sp³-hybridized carbons (Fsp3) is 0.500. The molecule has 0 bridgehead atoms. The molecule has 0 amide bonds. The van der Waals surface area contributed by atoms with Gasteiger partial charge in [-0.3, -0.25) is 0 Å². The Morgan fingerprint density at radius 2 is 1.07 bits per heavy atom. The summed E-state index contributed by atoms with van der Waals surface area (Å²) in [5.74, 6) is 0. The lowest BCUT2D eigenvalue weighted by Gasteiger charge is -2.02. The van der Waals surface area contributed by atoms with Gasteiger partial charge < -0.3 is 0 Å². The summed E-state index contributed by atoms with van der Waals surface area (Å²) in [6, 6.07) is 12.1. The Bertz CT molecular complexity index is 214. The molecule has 0 spiro atoms. The zero-order chi connectivity index (χ0) is 10.2. The number of hydrogen-bond donors (Lipinski definition) is 0. The summed E-state index contributed by atoms with van der Waals surface area (Å²) in [7, 11) is 2.71. The number of aryl methyl sites for hydroxylation is 2. The van der Waals surface area contributed by atoms with Crippen LogP contribution >= 0.6 is 0 Å². The van der Waals surface area contributed by atoms with Gasteiger partial charge in [0.15, 0.2) is 0 Å². The van der Waals surface area contributed by atoms with Gasteiger partial charge in [-0.15, -0.1) is 0 Å². The molecule has 0 aliphatic rings. The summed E-state index contributed by atoms with van der Waals surface area (Å²) in [5.41, 5.74) is 3.05. The molecule has 0 saturated heterocycles. The Balaban J connectivity index is 2.42. The SMILES string of the molecule is [SiH3]CCCc1ccc(CCC[SiH3])cc1. The Hall–Kier alpha value is -0.346. The van der Waals surface area contributed by atoms with Gasteiger partial charge >= 0.3 is 0 Å². The fourth-order valence-corrected chi connectivity index (χ4v) is 2.34. The second-order valence-corrected chi connectivity index (χ2v) is 6.02. The van der Waals surface area contributed by atoms with E-state index in [4.69, 9.17) is 0 Å². The third-order valence-corrected chi connectivity index (χ3v) is 4.08. The summed E-state index contributed by atoms with van der Waals surface area (Å²) in [4.78, 5) is 0. The van der Waals surface area contributed by atoms with Gasteiger partial charge in [0.25, 0.3) is 0 Å². The van der Waals surface area contributed by atoms with Crippen molar-refractivity contribution in [3.63, 3.8) is 0 Å². The highest BCUT2D eigenvalue weighted by Gasteiger charge is 1.94. The second-order valence-electron chi connectivity index (χ2n) is 4.02. The molecule has 1 rings (SSSR count). The summed E-state index contributed by atoms with van der Waals surface area (Å²) in [5, 5.41) is 0. The van der Waals surface area contributed by atoms with Crippen LogP contribution in [0.25, 0.3) is 0 Å². The Kier molecular flexibility index (Phi) is 5.87. The summed E-state index contributed by atoms with van der Waals surface area (Å²) in [6.45, 7) is 0. The average molecular weight is 222 g/mol. The molecule has 0 fully saturated rings. The minimum absolute atomic E-state index is 1.28. The lowest BCUT2D eigenvalue weighted by Crippen LogP contribution is -1.88. The Morgan fingerprint density at radius 3 is 1.36 bits per heavy atom. The van der Waals surface area contributed by atoms with Crippen LogP contribution in [0.2, 0.25) is 12.1 Å². The van der Waals surface area contributed by atoms with Crippen LogP contribution in [0.1, 0.15) is 24.0 Å². The maximum absolute atomic E-state index is 2.32. The zero-order valence-corrected chi connectivity index (χ0v) is 13.6. The van der Waals surface area contributed by atoms with Gasteiger partial charge in [0, 0.05) is 20.5 Å². The van der Waals surface area contributed by atoms with E-state index in [1.807, 2.05) is 0 Å². The first-order valence-corrected chi connectivity index (χ1v) is 8.77. The van der Waals surface area contributed by atoms with Crippen LogP contribution in [-0.2, 0) is 12.8 Å². The molecule has 78 valence electrons. The maximum atomic E-state index is 2.32. The molecule has 14 heavy (non-hydrogen) atoms. The molecular formula is C12H22Si2. The van der Waals surface area contributed by atoms with Crippen molar-refractivity contribution in [1.29, 1.82) is 0 Å². The van der Waals surface area contributed by atoms with Crippen LogP contribution in [0.5, 0.6) is 0 Å². The lowest BCUT2D eigenvalue weighted by atomic mass is 10.1. The molecule has 0 saturated carbocycles. The van der Waals surface area contributed by atoms with Crippen LogP contribution in [0, 0.1) is 0 Å². The van der Waals surface area contributed by atoms with Crippen molar-refractivity contribution in [3.05, 3.63) is 35.4 Å². The van der Waals surface area contributed by atoms with Gasteiger partial charge in [0.2, 0.25) is 0 Å². The molecule has 0 unspecified atom stereocenters. The average Bonchev–Trinajstić information content (AvgIpc) is 2.25. The van der Waals surface area contributed by atoms with Gasteiger partial charge in [-0.25, -0.2) is 0 Å². The number of benzene rings is 1. The highest BCUT2D eigenvalue weighted by molar-refractivity contribution is 6.08. The van der Waals surface area contributed by atoms with E-state index >= 15 is 0 Å². The normalized spacial score (nSPS) is 10.9. The Morgan fingerprint density at radius 1 is 0.714 bits per heavy atom. The molecule has 2 heteroatoms. The van der Waals surface area contributed by atoms with Gasteiger partial charge in [-0.05, 0) is 24.0 Å². The van der Waals surface area contributed by atoms with Crippen molar-refractivity contribution in [2.45, 2.75) is 37.8 Å². The summed E-state index contributed by atoms with van der Waals surface area (Å²) < 4.78 is 0. The van der Waals surface area contributed by atoms with Gasteiger partial charge in [0.1, 0.15) is 0 Å². The molecule has 0 aliphatic heterocycles. The second kappa shape index (κ2) is 7.01. The van der Waals surface area contributed by atoms with Crippen molar-refractivity contribution in [2.75, 3.05) is 0 Å². The van der Waals surface area contributed by atoms with Gasteiger partial charge in [-0.2, -0.15) is 0 Å². The largest absolute Gasteiger partial charge is 0.0655 e. The third kappa shape index (κ3) is 4.24. The van der Waals surface area contributed by atoms with Crippen LogP contribution in [0.3, 0.4) is 0 Å². The fourth-order valence-electron chi connectivity index (χ4n) is 1.63. The summed E-state index contributed by atoms with van der Waals surface area (Å²) in [6.07, 6.45) is 5.33. The topological polar surface area (TPSA) is 0 Å². The van der Waals surface area contributed by atoms with Gasteiger partial charge in [-0.1, -0.05) is 49.2 Å². The van der Waals surface area contributed by atoms with E-state index in [9.17, 15) is 0 Å². The van der Waals surface area contributed by atoms with E-state index in [2.05, 4.69) is 24.3 Å². The first kappa shape index (κ1) is 11.7. The molecule has 1 aromatic carbocycles. The lowest BCUT2D eigenvalue weighted by molar-refractivity contribution is 0.902. The molecule has 0 atom stereocenters. The van der Waals surface area contributed by atoms with E-state index in [-0.39, 0.29) is 0 Å². The molecule has 0 aliphatic carbocycles. The first-order chi connectivity index (χ1) is 6.86. The molecular weight excluding hydrogens is 200 g/mol. The van der Waals surface area contributed by atoms with E-state index in [0.717, 1.165) is 0 Å². The van der Waals surface area contributed by atoms with Crippen molar-refractivity contribution >= 4 is 20.5 Å². The highest BCUT2D eigenvalue weighted by Crippen LogP contribution is 2.09. The predicted octanol–water partition coefficient (Wildman–Crippen LogP) is 1.12. The van der Waals surface area contributed by atoms with Gasteiger partial charge in [0.05, 0.1) is 0 Å². The maximum Gasteiger partial charge on any atom is 0.00281 e. The standard InChI is InChI=1S/C12H22Si2/c13-9-1-3-11-5-7-12(8-6-11)4-2-10-14/h5-8H,1-4,9-10H2,13-14H3. The van der Waals surface area contributed by atoms with Crippen molar-refractivity contribution in [2.24, 2.45) is 0 Å². The Labute approximate surface area is 94.0 Å². The van der Waals surface area contributed by atoms with Crippen LogP contribution in [-0.4, -0.2) is 20.5 Å².